The Morgan fingerprint density at radius 1 is 1.08 bits per heavy atom. The van der Waals surface area contributed by atoms with Crippen LogP contribution in [0.4, 0.5) is 0 Å². The third-order valence-electron chi connectivity index (χ3n) is 5.08. The van der Waals surface area contributed by atoms with Crippen molar-refractivity contribution in [2.75, 3.05) is 13.1 Å². The number of carbonyl (C=O) groups is 2. The fraction of sp³-hybridized carbons (Fsp3) is 0.300. The Labute approximate surface area is 151 Å². The first kappa shape index (κ1) is 16.2. The van der Waals surface area contributed by atoms with Crippen LogP contribution in [0, 0.1) is 0 Å². The molecule has 0 unspecified atom stereocenters. The first-order chi connectivity index (χ1) is 12.0. The standard InChI is InChI=1S/C20H18ClNO3/c21-17-4-3-14-11-16(2-1-15(14)12-17)19(24)22-8-6-20(7-9-22)13-18(23)5-10-25-20/h1-5,10-12H,6-9,13H2. The van der Waals surface area contributed by atoms with Gasteiger partial charge in [-0.2, -0.15) is 0 Å². The van der Waals surface area contributed by atoms with Crippen LogP contribution in [0.25, 0.3) is 10.8 Å². The lowest BCUT2D eigenvalue weighted by molar-refractivity contribution is -0.125. The molecule has 128 valence electrons. The molecule has 25 heavy (non-hydrogen) atoms. The molecule has 2 aromatic carbocycles. The number of allylic oxidation sites excluding steroid dienone is 1. The third-order valence-corrected chi connectivity index (χ3v) is 5.31. The van der Waals surface area contributed by atoms with E-state index in [1.807, 2.05) is 41.3 Å². The zero-order valence-electron chi connectivity index (χ0n) is 13.7. The van der Waals surface area contributed by atoms with Gasteiger partial charge >= 0.3 is 0 Å². The summed E-state index contributed by atoms with van der Waals surface area (Å²) in [6.45, 7) is 1.19. The Bertz CT molecular complexity index is 882. The van der Waals surface area contributed by atoms with E-state index in [-0.39, 0.29) is 11.7 Å². The largest absolute Gasteiger partial charge is 0.494 e. The number of ketones is 1. The molecule has 2 aliphatic rings. The van der Waals surface area contributed by atoms with Gasteiger partial charge < -0.3 is 9.64 Å². The van der Waals surface area contributed by atoms with E-state index in [2.05, 4.69) is 0 Å². The van der Waals surface area contributed by atoms with Crippen molar-refractivity contribution in [1.82, 2.24) is 4.90 Å². The van der Waals surface area contributed by atoms with Crippen molar-refractivity contribution in [1.29, 1.82) is 0 Å². The number of nitrogens with zero attached hydrogens (tertiary/aromatic N) is 1. The summed E-state index contributed by atoms with van der Waals surface area (Å²) >= 11 is 6.01. The predicted octanol–water partition coefficient (Wildman–Crippen LogP) is 3.97. The highest BCUT2D eigenvalue weighted by Crippen LogP contribution is 2.33. The van der Waals surface area contributed by atoms with Crippen LogP contribution in [0.3, 0.4) is 0 Å². The Morgan fingerprint density at radius 2 is 1.80 bits per heavy atom. The Balaban J connectivity index is 1.50. The molecule has 1 spiro atoms. The Kier molecular flexibility index (Phi) is 4.00. The zero-order valence-corrected chi connectivity index (χ0v) is 14.5. The van der Waals surface area contributed by atoms with E-state index in [9.17, 15) is 9.59 Å². The average Bonchev–Trinajstić information content (AvgIpc) is 2.61. The molecule has 5 heteroatoms. The van der Waals surface area contributed by atoms with Gasteiger partial charge in [0.25, 0.3) is 5.91 Å². The highest BCUT2D eigenvalue weighted by molar-refractivity contribution is 6.31. The molecule has 1 fully saturated rings. The van der Waals surface area contributed by atoms with E-state index in [1.54, 1.807) is 0 Å². The number of benzene rings is 2. The molecule has 0 aliphatic carbocycles. The molecule has 2 heterocycles. The first-order valence-electron chi connectivity index (χ1n) is 8.41. The molecule has 0 atom stereocenters. The summed E-state index contributed by atoms with van der Waals surface area (Å²) in [5.74, 6) is 0.114. The van der Waals surface area contributed by atoms with Crippen molar-refractivity contribution in [2.45, 2.75) is 24.9 Å². The lowest BCUT2D eigenvalue weighted by Crippen LogP contribution is -2.49. The van der Waals surface area contributed by atoms with Gasteiger partial charge in [0.15, 0.2) is 5.78 Å². The summed E-state index contributed by atoms with van der Waals surface area (Å²) in [6.07, 6.45) is 4.74. The normalized spacial score (nSPS) is 19.2. The van der Waals surface area contributed by atoms with Crippen LogP contribution >= 0.6 is 11.6 Å². The number of amides is 1. The van der Waals surface area contributed by atoms with E-state index >= 15 is 0 Å². The van der Waals surface area contributed by atoms with E-state index in [0.29, 0.717) is 42.9 Å². The quantitative estimate of drug-likeness (QED) is 0.777. The molecule has 0 radical (unpaired) electrons. The lowest BCUT2D eigenvalue weighted by Gasteiger charge is -2.41. The SMILES string of the molecule is O=C1C=COC2(CCN(C(=O)c3ccc4cc(Cl)ccc4c3)CC2)C1. The molecule has 4 nitrogen and oxygen atoms in total. The van der Waals surface area contributed by atoms with Gasteiger partial charge in [0.1, 0.15) is 5.60 Å². The van der Waals surface area contributed by atoms with Crippen LogP contribution in [-0.4, -0.2) is 35.3 Å². The van der Waals surface area contributed by atoms with Crippen molar-refractivity contribution >= 4 is 34.1 Å². The third kappa shape index (κ3) is 3.14. The molecule has 2 aliphatic heterocycles. The monoisotopic (exact) mass is 355 g/mol. The van der Waals surface area contributed by atoms with Gasteiger partial charge in [-0.15, -0.1) is 0 Å². The van der Waals surface area contributed by atoms with E-state index in [1.165, 1.54) is 12.3 Å². The molecule has 4 rings (SSSR count). The predicted molar refractivity (Wildman–Crippen MR) is 96.7 cm³/mol. The van der Waals surface area contributed by atoms with Gasteiger partial charge in [-0.25, -0.2) is 0 Å². The number of hydrogen-bond donors (Lipinski definition) is 0. The number of fused-ring (bicyclic) bond motifs is 1. The molecule has 2 aromatic rings. The van der Waals surface area contributed by atoms with Crippen molar-refractivity contribution in [3.05, 3.63) is 59.3 Å². The summed E-state index contributed by atoms with van der Waals surface area (Å²) in [5.41, 5.74) is 0.245. The van der Waals surface area contributed by atoms with Gasteiger partial charge in [-0.1, -0.05) is 23.7 Å². The second-order valence-corrected chi connectivity index (χ2v) is 7.18. The average molecular weight is 356 g/mol. The molecule has 0 aromatic heterocycles. The minimum Gasteiger partial charge on any atom is -0.494 e. The van der Waals surface area contributed by atoms with Crippen LogP contribution in [0.15, 0.2) is 48.7 Å². The molecule has 1 saturated heterocycles. The van der Waals surface area contributed by atoms with Crippen LogP contribution < -0.4 is 0 Å². The van der Waals surface area contributed by atoms with Gasteiger partial charge in [-0.05, 0) is 35.0 Å². The van der Waals surface area contributed by atoms with E-state index in [4.69, 9.17) is 16.3 Å². The van der Waals surface area contributed by atoms with Crippen LogP contribution in [0.5, 0.6) is 0 Å². The van der Waals surface area contributed by atoms with Gasteiger partial charge in [0.05, 0.1) is 12.7 Å². The van der Waals surface area contributed by atoms with Crippen LogP contribution in [-0.2, 0) is 9.53 Å². The number of ether oxygens (including phenoxy) is 1. The minimum atomic E-state index is -0.428. The highest BCUT2D eigenvalue weighted by Gasteiger charge is 2.40. The first-order valence-corrected chi connectivity index (χ1v) is 8.78. The number of carbonyl (C=O) groups excluding carboxylic acids is 2. The van der Waals surface area contributed by atoms with Gasteiger partial charge in [-0.3, -0.25) is 9.59 Å². The fourth-order valence-electron chi connectivity index (χ4n) is 3.62. The second kappa shape index (κ2) is 6.19. The minimum absolute atomic E-state index is 0.0179. The van der Waals surface area contributed by atoms with Crippen LogP contribution in [0.1, 0.15) is 29.6 Å². The van der Waals surface area contributed by atoms with Crippen molar-refractivity contribution < 1.29 is 14.3 Å². The Morgan fingerprint density at radius 3 is 2.56 bits per heavy atom. The van der Waals surface area contributed by atoms with E-state index in [0.717, 1.165) is 10.8 Å². The maximum Gasteiger partial charge on any atom is 0.253 e. The molecule has 1 amide bonds. The maximum absolute atomic E-state index is 12.8. The highest BCUT2D eigenvalue weighted by atomic mass is 35.5. The summed E-state index contributed by atoms with van der Waals surface area (Å²) in [5, 5.41) is 2.70. The number of rotatable bonds is 1. The fourth-order valence-corrected chi connectivity index (χ4v) is 3.80. The van der Waals surface area contributed by atoms with Crippen LogP contribution in [0.2, 0.25) is 5.02 Å². The number of halogens is 1. The molecule has 0 saturated carbocycles. The summed E-state index contributed by atoms with van der Waals surface area (Å²) < 4.78 is 5.73. The number of likely N-dealkylation sites (tertiary alicyclic amines) is 1. The lowest BCUT2D eigenvalue weighted by atomic mass is 9.85. The summed E-state index contributed by atoms with van der Waals surface area (Å²) in [7, 11) is 0. The molecule has 0 N–H and O–H groups in total. The Hall–Kier alpha value is -2.33. The van der Waals surface area contributed by atoms with Crippen molar-refractivity contribution in [3.8, 4) is 0 Å². The topological polar surface area (TPSA) is 46.6 Å². The van der Waals surface area contributed by atoms with Gasteiger partial charge in [0, 0.05) is 42.6 Å². The summed E-state index contributed by atoms with van der Waals surface area (Å²) in [4.78, 5) is 26.3. The van der Waals surface area contributed by atoms with E-state index < -0.39 is 5.60 Å². The number of piperidine rings is 1. The maximum atomic E-state index is 12.8. The number of hydrogen-bond acceptors (Lipinski definition) is 3. The van der Waals surface area contributed by atoms with Crippen molar-refractivity contribution in [3.63, 3.8) is 0 Å². The second-order valence-electron chi connectivity index (χ2n) is 6.75. The molecular weight excluding hydrogens is 338 g/mol. The summed E-state index contributed by atoms with van der Waals surface area (Å²) in [6, 6.07) is 11.3. The zero-order chi connectivity index (χ0) is 17.4. The van der Waals surface area contributed by atoms with Crippen molar-refractivity contribution in [2.24, 2.45) is 0 Å². The smallest absolute Gasteiger partial charge is 0.253 e. The van der Waals surface area contributed by atoms with Gasteiger partial charge in [0.2, 0.25) is 0 Å². The molecular formula is C20H18ClNO3. The molecule has 0 bridgehead atoms.